The molecule has 0 spiro atoms. The molecule has 3 N–H and O–H groups in total. The first-order valence-corrected chi connectivity index (χ1v) is 5.53. The third-order valence-electron chi connectivity index (χ3n) is 2.91. The lowest BCUT2D eigenvalue weighted by atomic mass is 9.83. The van der Waals surface area contributed by atoms with Crippen molar-refractivity contribution in [1.29, 1.82) is 0 Å². The lowest BCUT2D eigenvalue weighted by Gasteiger charge is -2.13. The number of aliphatic hydroxyl groups is 1. The van der Waals surface area contributed by atoms with Gasteiger partial charge in [0.15, 0.2) is 0 Å². The number of epoxide rings is 1. The van der Waals surface area contributed by atoms with Gasteiger partial charge in [0.1, 0.15) is 5.60 Å². The van der Waals surface area contributed by atoms with Crippen molar-refractivity contribution in [2.75, 3.05) is 6.61 Å². The van der Waals surface area contributed by atoms with Crippen LogP contribution in [0.3, 0.4) is 0 Å². The van der Waals surface area contributed by atoms with Crippen LogP contribution in [0, 0.1) is 0 Å². The molecule has 1 aliphatic heterocycles. The van der Waals surface area contributed by atoms with Crippen LogP contribution in [0.15, 0.2) is 23.8 Å². The molecule has 100 valence electrons. The molecule has 2 unspecified atom stereocenters. The molecule has 6 heteroatoms. The van der Waals surface area contributed by atoms with Crippen LogP contribution in [0.2, 0.25) is 0 Å². The van der Waals surface area contributed by atoms with Gasteiger partial charge in [0, 0.05) is 6.61 Å². The van der Waals surface area contributed by atoms with E-state index in [0.29, 0.717) is 6.61 Å². The fraction of sp³-hybridized carbons (Fsp3) is 0.500. The minimum atomic E-state index is -1.48. The minimum Gasteiger partial charge on any atom is -0.479 e. The number of aliphatic carboxylic acids is 2. The van der Waals surface area contributed by atoms with Crippen LogP contribution >= 0.6 is 0 Å². The van der Waals surface area contributed by atoms with Gasteiger partial charge in [-0.1, -0.05) is 13.0 Å². The van der Waals surface area contributed by atoms with E-state index in [0.717, 1.165) is 6.42 Å². The highest BCUT2D eigenvalue weighted by atomic mass is 16.7. The maximum Gasteiger partial charge on any atom is 0.343 e. The Morgan fingerprint density at radius 1 is 1.39 bits per heavy atom. The summed E-state index contributed by atoms with van der Waals surface area (Å²) in [5.41, 5.74) is -2.73. The summed E-state index contributed by atoms with van der Waals surface area (Å²) in [6, 6.07) is 0. The highest BCUT2D eigenvalue weighted by Crippen LogP contribution is 2.55. The standard InChI is InChI=1S/C9H8O5.C3H8O/c1-8-5(6(10)11)3-2-4-9(8,14-8)7(12)13;1-2-3-4/h2-4H,1H3,(H,10,11)(H,12,13);4H,2-3H2,1H3. The summed E-state index contributed by atoms with van der Waals surface area (Å²) >= 11 is 0. The number of aliphatic hydroxyl groups excluding tert-OH is 1. The van der Waals surface area contributed by atoms with Crippen LogP contribution in [0.1, 0.15) is 20.3 Å². The highest BCUT2D eigenvalue weighted by Gasteiger charge is 2.74. The Hall–Kier alpha value is -1.66. The molecule has 0 aromatic heterocycles. The first kappa shape index (κ1) is 14.4. The van der Waals surface area contributed by atoms with Crippen molar-refractivity contribution in [1.82, 2.24) is 0 Å². The van der Waals surface area contributed by atoms with Crippen molar-refractivity contribution in [3.63, 3.8) is 0 Å². The molecule has 2 rings (SSSR count). The number of hydrogen-bond acceptors (Lipinski definition) is 4. The second kappa shape index (κ2) is 4.91. The lowest BCUT2D eigenvalue weighted by Crippen LogP contribution is -2.35. The minimum absolute atomic E-state index is 0.0256. The molecule has 0 bridgehead atoms. The molecule has 18 heavy (non-hydrogen) atoms. The van der Waals surface area contributed by atoms with Crippen LogP contribution in [0.5, 0.6) is 0 Å². The smallest absolute Gasteiger partial charge is 0.343 e. The van der Waals surface area contributed by atoms with Crippen molar-refractivity contribution in [2.45, 2.75) is 31.5 Å². The summed E-state index contributed by atoms with van der Waals surface area (Å²) in [6.07, 6.45) is 4.99. The van der Waals surface area contributed by atoms with Crippen LogP contribution < -0.4 is 0 Å². The predicted molar refractivity (Wildman–Crippen MR) is 62.1 cm³/mol. The van der Waals surface area contributed by atoms with Crippen molar-refractivity contribution in [3.8, 4) is 0 Å². The van der Waals surface area contributed by atoms with Crippen LogP contribution in [-0.2, 0) is 14.3 Å². The summed E-state index contributed by atoms with van der Waals surface area (Å²) in [7, 11) is 0. The van der Waals surface area contributed by atoms with Gasteiger partial charge < -0.3 is 20.1 Å². The zero-order valence-electron chi connectivity index (χ0n) is 10.2. The number of carboxylic acid groups (broad SMARTS) is 2. The van der Waals surface area contributed by atoms with Gasteiger partial charge in [-0.3, -0.25) is 0 Å². The quantitative estimate of drug-likeness (QED) is 0.637. The number of ether oxygens (including phenoxy) is 1. The molecule has 0 saturated carbocycles. The van der Waals surface area contributed by atoms with Crippen molar-refractivity contribution in [2.24, 2.45) is 0 Å². The van der Waals surface area contributed by atoms with E-state index in [9.17, 15) is 9.59 Å². The van der Waals surface area contributed by atoms with E-state index in [1.807, 2.05) is 6.92 Å². The number of carbonyl (C=O) groups is 2. The summed E-state index contributed by atoms with van der Waals surface area (Å²) in [5, 5.41) is 25.6. The molecule has 1 saturated heterocycles. The van der Waals surface area contributed by atoms with Gasteiger partial charge in [0.25, 0.3) is 0 Å². The molecule has 2 atom stereocenters. The number of carboxylic acids is 2. The zero-order valence-corrected chi connectivity index (χ0v) is 10.2. The molecule has 1 fully saturated rings. The maximum absolute atomic E-state index is 10.9. The monoisotopic (exact) mass is 256 g/mol. The first-order chi connectivity index (χ1) is 8.35. The molecule has 1 heterocycles. The SMILES string of the molecule is CC12OC1(C(=O)O)C=CC=C2C(=O)O.CCCO. The fourth-order valence-electron chi connectivity index (χ4n) is 1.78. The number of hydrogen-bond donors (Lipinski definition) is 3. The van der Waals surface area contributed by atoms with E-state index in [1.165, 1.54) is 25.2 Å². The topological polar surface area (TPSA) is 107 Å². The van der Waals surface area contributed by atoms with Crippen LogP contribution in [0.25, 0.3) is 0 Å². The molecule has 0 aromatic carbocycles. The van der Waals surface area contributed by atoms with Gasteiger partial charge in [0.05, 0.1) is 5.57 Å². The van der Waals surface area contributed by atoms with E-state index in [2.05, 4.69) is 0 Å². The Labute approximate surface area is 104 Å². The first-order valence-electron chi connectivity index (χ1n) is 5.53. The van der Waals surface area contributed by atoms with Gasteiger partial charge in [-0.25, -0.2) is 9.59 Å². The molecule has 0 radical (unpaired) electrons. The Bertz CT molecular complexity index is 422. The Morgan fingerprint density at radius 3 is 2.33 bits per heavy atom. The highest BCUT2D eigenvalue weighted by molar-refractivity contribution is 5.98. The lowest BCUT2D eigenvalue weighted by molar-refractivity contribution is -0.141. The van der Waals surface area contributed by atoms with Gasteiger partial charge in [-0.05, 0) is 25.5 Å². The zero-order chi connectivity index (χ0) is 14.0. The van der Waals surface area contributed by atoms with Crippen LogP contribution in [0.4, 0.5) is 0 Å². The number of allylic oxidation sites excluding steroid dienone is 2. The average Bonchev–Trinajstić information content (AvgIpc) is 2.96. The molecule has 0 aromatic rings. The molecule has 2 aliphatic rings. The normalized spacial score (nSPS) is 31.6. The average molecular weight is 256 g/mol. The second-order valence-electron chi connectivity index (χ2n) is 4.14. The van der Waals surface area contributed by atoms with Gasteiger partial charge in [-0.15, -0.1) is 0 Å². The Balaban J connectivity index is 0.000000357. The Morgan fingerprint density at radius 2 is 1.94 bits per heavy atom. The maximum atomic E-state index is 10.9. The number of rotatable bonds is 3. The summed E-state index contributed by atoms with van der Waals surface area (Å²) in [4.78, 5) is 21.7. The third-order valence-corrected chi connectivity index (χ3v) is 2.91. The van der Waals surface area contributed by atoms with E-state index in [4.69, 9.17) is 20.1 Å². The van der Waals surface area contributed by atoms with Gasteiger partial charge in [-0.2, -0.15) is 0 Å². The van der Waals surface area contributed by atoms with E-state index in [1.54, 1.807) is 0 Å². The van der Waals surface area contributed by atoms with E-state index >= 15 is 0 Å². The third kappa shape index (κ3) is 2.04. The van der Waals surface area contributed by atoms with Crippen molar-refractivity contribution in [3.05, 3.63) is 23.8 Å². The van der Waals surface area contributed by atoms with Crippen LogP contribution in [-0.4, -0.2) is 45.1 Å². The van der Waals surface area contributed by atoms with E-state index in [-0.39, 0.29) is 5.57 Å². The summed E-state index contributed by atoms with van der Waals surface area (Å²) in [6.45, 7) is 3.71. The molecular formula is C12H16O6. The Kier molecular flexibility index (Phi) is 3.93. The van der Waals surface area contributed by atoms with Gasteiger partial charge in [0.2, 0.25) is 5.60 Å². The van der Waals surface area contributed by atoms with Crippen molar-refractivity contribution < 1.29 is 29.6 Å². The largest absolute Gasteiger partial charge is 0.479 e. The van der Waals surface area contributed by atoms with Gasteiger partial charge >= 0.3 is 11.9 Å². The molecule has 0 amide bonds. The summed E-state index contributed by atoms with van der Waals surface area (Å²) in [5.74, 6) is -2.32. The molecule has 1 aliphatic carbocycles. The summed E-state index contributed by atoms with van der Waals surface area (Å²) < 4.78 is 5.05. The fourth-order valence-corrected chi connectivity index (χ4v) is 1.78. The van der Waals surface area contributed by atoms with Crippen molar-refractivity contribution >= 4 is 11.9 Å². The van der Waals surface area contributed by atoms with E-state index < -0.39 is 23.1 Å². The molecule has 6 nitrogen and oxygen atoms in total. The second-order valence-corrected chi connectivity index (χ2v) is 4.14. The number of fused-ring (bicyclic) bond motifs is 1. The molecular weight excluding hydrogens is 240 g/mol. The predicted octanol–water partition coefficient (Wildman–Crippen LogP) is 0.568.